The fraction of sp³-hybridized carbons (Fsp3) is 0.333. The maximum atomic E-state index is 11.0. The lowest BCUT2D eigenvalue weighted by Crippen LogP contribution is -2.06. The molecular weight excluding hydrogens is 144 g/mol. The number of halogens is 4. The van der Waals surface area contributed by atoms with E-state index in [0.717, 1.165) is 0 Å². The zero-order valence-electron chi connectivity index (χ0n) is 3.42. The van der Waals surface area contributed by atoms with Crippen molar-refractivity contribution in [3.05, 3.63) is 5.03 Å². The second-order valence-corrected chi connectivity index (χ2v) is 1.29. The molecular formula is C3ClF3O. The molecule has 1 nitrogen and oxygen atoms in total. The van der Waals surface area contributed by atoms with Crippen LogP contribution in [-0.2, 0) is 4.79 Å². The molecule has 0 aromatic heterocycles. The van der Waals surface area contributed by atoms with Gasteiger partial charge < -0.3 is 0 Å². The van der Waals surface area contributed by atoms with Gasteiger partial charge in [-0.15, -0.1) is 0 Å². The molecule has 0 aliphatic heterocycles. The average Bonchev–Trinajstić information content (AvgIpc) is 1.62. The van der Waals surface area contributed by atoms with Crippen molar-refractivity contribution in [2.24, 2.45) is 0 Å². The Morgan fingerprint density at radius 3 is 1.88 bits per heavy atom. The van der Waals surface area contributed by atoms with Crippen LogP contribution in [0.1, 0.15) is 0 Å². The second-order valence-electron chi connectivity index (χ2n) is 0.914. The Hall–Kier alpha value is -0.470. The van der Waals surface area contributed by atoms with Crippen LogP contribution in [-0.4, -0.2) is 12.1 Å². The van der Waals surface area contributed by atoms with Gasteiger partial charge in [-0.2, -0.15) is 13.2 Å². The molecule has 0 rings (SSSR count). The van der Waals surface area contributed by atoms with Crippen LogP contribution in [0.3, 0.4) is 0 Å². The van der Waals surface area contributed by atoms with Gasteiger partial charge >= 0.3 is 6.18 Å². The molecule has 0 aliphatic carbocycles. The van der Waals surface area contributed by atoms with Gasteiger partial charge in [-0.3, -0.25) is 0 Å². The summed E-state index contributed by atoms with van der Waals surface area (Å²) in [7, 11) is 0. The summed E-state index contributed by atoms with van der Waals surface area (Å²) >= 11 is 4.31. The van der Waals surface area contributed by atoms with E-state index in [1.54, 1.807) is 0 Å². The third kappa shape index (κ3) is 2.00. The van der Waals surface area contributed by atoms with Crippen LogP contribution in [0.5, 0.6) is 0 Å². The van der Waals surface area contributed by atoms with Gasteiger partial charge in [0.15, 0.2) is 0 Å². The van der Waals surface area contributed by atoms with Crippen LogP contribution in [0.15, 0.2) is 5.03 Å². The first kappa shape index (κ1) is 7.53. The molecule has 0 unspecified atom stereocenters. The lowest BCUT2D eigenvalue weighted by Gasteiger charge is -1.96. The quantitative estimate of drug-likeness (QED) is 0.471. The molecule has 0 fully saturated rings. The summed E-state index contributed by atoms with van der Waals surface area (Å²) in [5, 5.41) is -1.75. The average molecular weight is 144 g/mol. The molecule has 8 heavy (non-hydrogen) atoms. The Labute approximate surface area is 47.7 Å². The van der Waals surface area contributed by atoms with Gasteiger partial charge in [0.05, 0.1) is 0 Å². The predicted molar refractivity (Wildman–Crippen MR) is 21.1 cm³/mol. The first-order valence-electron chi connectivity index (χ1n) is 1.46. The fourth-order valence-electron chi connectivity index (χ4n) is 0.0579. The van der Waals surface area contributed by atoms with Crippen molar-refractivity contribution in [2.75, 3.05) is 0 Å². The lowest BCUT2D eigenvalue weighted by atomic mass is 10.6. The molecule has 0 amide bonds. The molecule has 0 heterocycles. The smallest absolute Gasteiger partial charge is 0.232 e. The summed E-state index contributed by atoms with van der Waals surface area (Å²) in [5.74, 6) is 0.512. The zero-order valence-corrected chi connectivity index (χ0v) is 4.18. The van der Waals surface area contributed by atoms with Crippen LogP contribution in [0, 0.1) is 0 Å². The first-order valence-corrected chi connectivity index (χ1v) is 1.84. The number of rotatable bonds is 0. The minimum absolute atomic E-state index is 0.512. The number of carbonyl (C=O) groups excluding carboxylic acids is 1. The van der Waals surface area contributed by atoms with E-state index in [2.05, 4.69) is 11.6 Å². The van der Waals surface area contributed by atoms with Crippen molar-refractivity contribution >= 4 is 17.5 Å². The van der Waals surface area contributed by atoms with Gasteiger partial charge in [-0.05, 0) is 0 Å². The second kappa shape index (κ2) is 2.20. The fourth-order valence-corrected chi connectivity index (χ4v) is 0.0579. The number of alkyl halides is 3. The van der Waals surface area contributed by atoms with Gasteiger partial charge in [0.2, 0.25) is 5.03 Å². The van der Waals surface area contributed by atoms with Crippen LogP contribution in [0.25, 0.3) is 0 Å². The van der Waals surface area contributed by atoms with Crippen LogP contribution in [0.4, 0.5) is 13.2 Å². The van der Waals surface area contributed by atoms with Crippen molar-refractivity contribution in [1.82, 2.24) is 0 Å². The molecule has 0 aliphatic rings. The molecule has 0 radical (unpaired) electrons. The minimum Gasteiger partial charge on any atom is -0.232 e. The Bertz CT molecular complexity index is 132. The summed E-state index contributed by atoms with van der Waals surface area (Å²) < 4.78 is 33.1. The first-order chi connectivity index (χ1) is 3.48. The topological polar surface area (TPSA) is 17.1 Å². The maximum absolute atomic E-state index is 11.0. The van der Waals surface area contributed by atoms with Gasteiger partial charge in [-0.25, -0.2) is 4.79 Å². The summed E-state index contributed by atoms with van der Waals surface area (Å²) in [5.41, 5.74) is 0. The van der Waals surface area contributed by atoms with E-state index < -0.39 is 11.2 Å². The Balaban J connectivity index is 4.26. The van der Waals surface area contributed by atoms with Crippen LogP contribution < -0.4 is 0 Å². The highest BCUT2D eigenvalue weighted by atomic mass is 35.5. The van der Waals surface area contributed by atoms with E-state index >= 15 is 0 Å². The van der Waals surface area contributed by atoms with Crippen molar-refractivity contribution in [2.45, 2.75) is 6.18 Å². The molecule has 0 saturated carbocycles. The Morgan fingerprint density at radius 2 is 1.88 bits per heavy atom. The Kier molecular flexibility index (Phi) is 2.07. The SMILES string of the molecule is O=C=C(Cl)C(F)(F)F. The van der Waals surface area contributed by atoms with Gasteiger partial charge in [0.25, 0.3) is 0 Å². The van der Waals surface area contributed by atoms with Crippen LogP contribution >= 0.6 is 11.6 Å². The molecule has 5 heteroatoms. The molecule has 0 N–H and O–H groups in total. The van der Waals surface area contributed by atoms with E-state index in [0.29, 0.717) is 5.94 Å². The largest absolute Gasteiger partial charge is 0.437 e. The van der Waals surface area contributed by atoms with Crippen molar-refractivity contribution in [3.63, 3.8) is 0 Å². The van der Waals surface area contributed by atoms with Gasteiger partial charge in [0.1, 0.15) is 5.94 Å². The summed E-state index contributed by atoms with van der Waals surface area (Å²) in [4.78, 5) is 9.14. The van der Waals surface area contributed by atoms with E-state index in [9.17, 15) is 13.2 Å². The standard InChI is InChI=1S/C3ClF3O/c4-2(1-8)3(5,6)7. The van der Waals surface area contributed by atoms with Gasteiger partial charge in [-0.1, -0.05) is 11.6 Å². The molecule has 0 aromatic carbocycles. The normalized spacial score (nSPS) is 10.5. The van der Waals surface area contributed by atoms with Gasteiger partial charge in [0, 0.05) is 0 Å². The zero-order chi connectivity index (χ0) is 6.78. The predicted octanol–water partition coefficient (Wildman–Crippen LogP) is 1.50. The molecule has 0 atom stereocenters. The number of allylic oxidation sites excluding steroid dienone is 1. The molecule has 46 valence electrons. The van der Waals surface area contributed by atoms with E-state index in [1.807, 2.05) is 0 Å². The summed E-state index contributed by atoms with van der Waals surface area (Å²) in [6.07, 6.45) is -4.73. The monoisotopic (exact) mass is 144 g/mol. The van der Waals surface area contributed by atoms with E-state index in [1.165, 1.54) is 0 Å². The third-order valence-corrected chi connectivity index (χ3v) is 0.630. The number of hydrogen-bond donors (Lipinski definition) is 0. The molecule has 0 bridgehead atoms. The van der Waals surface area contributed by atoms with Crippen molar-refractivity contribution < 1.29 is 18.0 Å². The highest BCUT2D eigenvalue weighted by molar-refractivity contribution is 6.33. The Morgan fingerprint density at radius 1 is 1.50 bits per heavy atom. The molecule has 0 aromatic rings. The van der Waals surface area contributed by atoms with Crippen molar-refractivity contribution in [3.8, 4) is 0 Å². The van der Waals surface area contributed by atoms with Crippen molar-refractivity contribution in [1.29, 1.82) is 0 Å². The number of hydrogen-bond acceptors (Lipinski definition) is 1. The summed E-state index contributed by atoms with van der Waals surface area (Å²) in [6.45, 7) is 0. The van der Waals surface area contributed by atoms with E-state index in [-0.39, 0.29) is 0 Å². The maximum Gasteiger partial charge on any atom is 0.437 e. The minimum atomic E-state index is -4.73. The summed E-state index contributed by atoms with van der Waals surface area (Å²) in [6, 6.07) is 0. The highest BCUT2D eigenvalue weighted by Crippen LogP contribution is 2.25. The third-order valence-electron chi connectivity index (χ3n) is 0.338. The molecule has 0 spiro atoms. The highest BCUT2D eigenvalue weighted by Gasteiger charge is 2.33. The van der Waals surface area contributed by atoms with Crippen LogP contribution in [0.2, 0.25) is 0 Å². The lowest BCUT2D eigenvalue weighted by molar-refractivity contribution is -0.0833. The van der Waals surface area contributed by atoms with E-state index in [4.69, 9.17) is 4.79 Å². The molecule has 0 saturated heterocycles.